The van der Waals surface area contributed by atoms with E-state index in [9.17, 15) is 14.0 Å². The molecule has 0 radical (unpaired) electrons. The number of anilines is 2. The van der Waals surface area contributed by atoms with Crippen molar-refractivity contribution in [3.05, 3.63) is 47.7 Å². The van der Waals surface area contributed by atoms with Crippen LogP contribution >= 0.6 is 0 Å². The van der Waals surface area contributed by atoms with Gasteiger partial charge in [0.2, 0.25) is 5.91 Å². The molecule has 0 aliphatic carbocycles. The predicted octanol–water partition coefficient (Wildman–Crippen LogP) is 1.88. The summed E-state index contributed by atoms with van der Waals surface area (Å²) in [6, 6.07) is 8.54. The molecule has 3 N–H and O–H groups in total. The van der Waals surface area contributed by atoms with Gasteiger partial charge in [-0.2, -0.15) is 5.10 Å². The standard InChI is InChI=1S/C23H29FN6O4/c1-15(27-25)22-6-4-18(33-22)13-28-7-9-29(10-8-28)21-5-3-17(11-20(21)24)30-14-19(34-23(30)32)12-26-16(2)31/h3-6,11,19H,7-10,12-14,25H2,1-2H3,(H,26,31)/b27-15-/t19-/m0/s1. The van der Waals surface area contributed by atoms with Gasteiger partial charge < -0.3 is 25.2 Å². The van der Waals surface area contributed by atoms with Crippen LogP contribution in [0.4, 0.5) is 20.6 Å². The van der Waals surface area contributed by atoms with E-state index in [1.54, 1.807) is 19.1 Å². The molecule has 0 spiro atoms. The van der Waals surface area contributed by atoms with Crippen molar-refractivity contribution in [2.45, 2.75) is 26.5 Å². The third kappa shape index (κ3) is 5.30. The molecular formula is C23H29FN6O4. The molecule has 2 aliphatic heterocycles. The third-order valence-corrected chi connectivity index (χ3v) is 6.00. The highest BCUT2D eigenvalue weighted by atomic mass is 19.1. The number of halogens is 1. The van der Waals surface area contributed by atoms with Gasteiger partial charge in [0.05, 0.1) is 36.7 Å². The zero-order valence-corrected chi connectivity index (χ0v) is 19.3. The summed E-state index contributed by atoms with van der Waals surface area (Å²) in [6.45, 7) is 7.16. The number of cyclic esters (lactones) is 1. The maximum atomic E-state index is 15.0. The summed E-state index contributed by atoms with van der Waals surface area (Å²) in [5, 5.41) is 6.27. The molecule has 2 aromatic rings. The minimum atomic E-state index is -0.551. The molecule has 2 aliphatic rings. The first-order chi connectivity index (χ1) is 16.3. The van der Waals surface area contributed by atoms with E-state index in [0.717, 1.165) is 18.8 Å². The number of amides is 2. The second-order valence-electron chi connectivity index (χ2n) is 8.43. The quantitative estimate of drug-likeness (QED) is 0.359. The van der Waals surface area contributed by atoms with E-state index in [2.05, 4.69) is 15.3 Å². The maximum Gasteiger partial charge on any atom is 0.414 e. The minimum absolute atomic E-state index is 0.199. The van der Waals surface area contributed by atoms with Crippen LogP contribution in [0, 0.1) is 5.82 Å². The lowest BCUT2D eigenvalue weighted by Gasteiger charge is -2.36. The molecule has 0 bridgehead atoms. The molecule has 2 fully saturated rings. The minimum Gasteiger partial charge on any atom is -0.458 e. The number of benzene rings is 1. The average molecular weight is 473 g/mol. The molecule has 3 heterocycles. The van der Waals surface area contributed by atoms with E-state index in [1.807, 2.05) is 17.0 Å². The van der Waals surface area contributed by atoms with Crippen LogP contribution in [-0.2, 0) is 16.1 Å². The van der Waals surface area contributed by atoms with Crippen molar-refractivity contribution in [3.63, 3.8) is 0 Å². The molecule has 0 unspecified atom stereocenters. The Morgan fingerprint density at radius 3 is 2.65 bits per heavy atom. The number of nitrogens with zero attached hydrogens (tertiary/aromatic N) is 4. The molecule has 1 atom stereocenters. The molecule has 11 heteroatoms. The molecule has 4 rings (SSSR count). The Hall–Kier alpha value is -3.60. The molecule has 34 heavy (non-hydrogen) atoms. The van der Waals surface area contributed by atoms with Crippen molar-refractivity contribution in [1.82, 2.24) is 10.2 Å². The summed E-state index contributed by atoms with van der Waals surface area (Å²) < 4.78 is 26.0. The first kappa shape index (κ1) is 23.6. The number of nitrogens with one attached hydrogen (secondary N) is 1. The highest BCUT2D eigenvalue weighted by Crippen LogP contribution is 2.28. The van der Waals surface area contributed by atoms with Gasteiger partial charge in [-0.3, -0.25) is 14.6 Å². The molecule has 1 aromatic heterocycles. The highest BCUT2D eigenvalue weighted by Gasteiger charge is 2.33. The van der Waals surface area contributed by atoms with Gasteiger partial charge >= 0.3 is 6.09 Å². The van der Waals surface area contributed by atoms with Crippen LogP contribution < -0.4 is 21.0 Å². The van der Waals surface area contributed by atoms with Crippen molar-refractivity contribution < 1.29 is 23.1 Å². The van der Waals surface area contributed by atoms with Gasteiger partial charge in [-0.15, -0.1) is 0 Å². The lowest BCUT2D eigenvalue weighted by atomic mass is 10.2. The highest BCUT2D eigenvalue weighted by molar-refractivity contribution is 5.96. The Labute approximate surface area is 197 Å². The molecule has 2 saturated heterocycles. The van der Waals surface area contributed by atoms with Gasteiger partial charge in [-0.25, -0.2) is 9.18 Å². The van der Waals surface area contributed by atoms with Crippen molar-refractivity contribution in [3.8, 4) is 0 Å². The lowest BCUT2D eigenvalue weighted by molar-refractivity contribution is -0.119. The Morgan fingerprint density at radius 1 is 1.21 bits per heavy atom. The average Bonchev–Trinajstić information content (AvgIpc) is 3.44. The molecule has 10 nitrogen and oxygen atoms in total. The SMILES string of the molecule is CC(=O)NC[C@H]1CN(c2ccc(N3CCN(Cc4ccc(/C(C)=N\N)o4)CC3)c(F)c2)C(=O)O1. The predicted molar refractivity (Wildman–Crippen MR) is 125 cm³/mol. The number of hydrazone groups is 1. The van der Waals surface area contributed by atoms with Gasteiger partial charge in [0, 0.05) is 33.1 Å². The van der Waals surface area contributed by atoms with Crippen LogP contribution in [0.1, 0.15) is 25.4 Å². The van der Waals surface area contributed by atoms with Gasteiger partial charge in [0.15, 0.2) is 0 Å². The summed E-state index contributed by atoms with van der Waals surface area (Å²) in [6.07, 6.45) is -1.02. The Bertz CT molecular complexity index is 1080. The van der Waals surface area contributed by atoms with Crippen molar-refractivity contribution >= 4 is 29.1 Å². The molecular weight excluding hydrogens is 443 g/mol. The number of hydrogen-bond acceptors (Lipinski definition) is 8. The Kier molecular flexibility index (Phi) is 7.01. The van der Waals surface area contributed by atoms with Gasteiger partial charge in [-0.05, 0) is 37.3 Å². The van der Waals surface area contributed by atoms with E-state index in [0.29, 0.717) is 42.5 Å². The second-order valence-corrected chi connectivity index (χ2v) is 8.43. The number of ether oxygens (including phenoxy) is 1. The van der Waals surface area contributed by atoms with Crippen LogP contribution in [0.5, 0.6) is 0 Å². The summed E-state index contributed by atoms with van der Waals surface area (Å²) in [5.74, 6) is 6.19. The van der Waals surface area contributed by atoms with Gasteiger partial charge in [0.25, 0.3) is 0 Å². The fourth-order valence-corrected chi connectivity index (χ4v) is 4.10. The number of nitrogens with two attached hydrogens (primary N) is 1. The number of furan rings is 1. The number of hydrogen-bond donors (Lipinski definition) is 2. The fraction of sp³-hybridized carbons (Fsp3) is 0.435. The van der Waals surface area contributed by atoms with Gasteiger partial charge in [0.1, 0.15) is 23.4 Å². The number of carbonyl (C=O) groups is 2. The number of carbonyl (C=O) groups excluding carboxylic acids is 2. The molecule has 1 aromatic carbocycles. The maximum absolute atomic E-state index is 15.0. The zero-order valence-electron chi connectivity index (χ0n) is 19.3. The van der Waals surface area contributed by atoms with Crippen LogP contribution in [0.15, 0.2) is 39.9 Å². The molecule has 0 saturated carbocycles. The number of piperazine rings is 1. The smallest absolute Gasteiger partial charge is 0.414 e. The lowest BCUT2D eigenvalue weighted by Crippen LogP contribution is -2.46. The monoisotopic (exact) mass is 472 g/mol. The number of rotatable bonds is 7. The van der Waals surface area contributed by atoms with E-state index < -0.39 is 18.0 Å². The van der Waals surface area contributed by atoms with E-state index in [-0.39, 0.29) is 19.0 Å². The first-order valence-corrected chi connectivity index (χ1v) is 11.2. The van der Waals surface area contributed by atoms with Crippen LogP contribution in [0.2, 0.25) is 0 Å². The Balaban J connectivity index is 1.33. The summed E-state index contributed by atoms with van der Waals surface area (Å²) in [4.78, 5) is 28.9. The van der Waals surface area contributed by atoms with Crippen LogP contribution in [-0.4, -0.2) is 68.0 Å². The molecule has 182 valence electrons. The van der Waals surface area contributed by atoms with Gasteiger partial charge in [-0.1, -0.05) is 0 Å². The third-order valence-electron chi connectivity index (χ3n) is 6.00. The van der Waals surface area contributed by atoms with Crippen LogP contribution in [0.25, 0.3) is 0 Å². The topological polar surface area (TPSA) is 117 Å². The normalized spacial score (nSPS) is 19.4. The Morgan fingerprint density at radius 2 is 1.97 bits per heavy atom. The summed E-state index contributed by atoms with van der Waals surface area (Å²) >= 11 is 0. The summed E-state index contributed by atoms with van der Waals surface area (Å²) in [7, 11) is 0. The first-order valence-electron chi connectivity index (χ1n) is 11.2. The summed E-state index contributed by atoms with van der Waals surface area (Å²) in [5.41, 5.74) is 1.57. The van der Waals surface area contributed by atoms with Crippen molar-refractivity contribution in [2.24, 2.45) is 10.9 Å². The van der Waals surface area contributed by atoms with E-state index in [1.165, 1.54) is 17.9 Å². The molecule has 2 amide bonds. The van der Waals surface area contributed by atoms with Crippen molar-refractivity contribution in [1.29, 1.82) is 0 Å². The van der Waals surface area contributed by atoms with E-state index >= 15 is 0 Å². The fourth-order valence-electron chi connectivity index (χ4n) is 4.10. The zero-order chi connectivity index (χ0) is 24.2. The van der Waals surface area contributed by atoms with Crippen molar-refractivity contribution in [2.75, 3.05) is 49.1 Å². The second kappa shape index (κ2) is 10.1. The van der Waals surface area contributed by atoms with E-state index in [4.69, 9.17) is 15.0 Å². The van der Waals surface area contributed by atoms with Crippen LogP contribution in [0.3, 0.4) is 0 Å². The largest absolute Gasteiger partial charge is 0.458 e.